The minimum Gasteiger partial charge on any atom is -0.337 e. The molecule has 1 aromatic heterocycles. The second-order valence-corrected chi connectivity index (χ2v) is 3.70. The number of rotatable bonds is 2. The van der Waals surface area contributed by atoms with Gasteiger partial charge in [0.25, 0.3) is 0 Å². The maximum atomic E-state index is 8.89. The summed E-state index contributed by atoms with van der Waals surface area (Å²) >= 11 is 6.00. The molecule has 0 unspecified atom stereocenters. The number of hydrogen-bond donors (Lipinski definition) is 1. The molecule has 0 atom stereocenters. The fourth-order valence-corrected chi connectivity index (χ4v) is 1.49. The Morgan fingerprint density at radius 3 is 2.61 bits per heavy atom. The van der Waals surface area contributed by atoms with E-state index in [-0.39, 0.29) is 5.69 Å². The lowest BCUT2D eigenvalue weighted by molar-refractivity contribution is 1.16. The van der Waals surface area contributed by atoms with E-state index in [4.69, 9.17) is 22.1 Å². The van der Waals surface area contributed by atoms with E-state index < -0.39 is 0 Å². The third-order valence-electron chi connectivity index (χ3n) is 2.15. The smallest absolute Gasteiger partial charge is 0.183 e. The van der Waals surface area contributed by atoms with Crippen LogP contribution in [0.3, 0.4) is 0 Å². The normalized spacial score (nSPS) is 9.28. The first-order chi connectivity index (χ1) is 8.74. The van der Waals surface area contributed by atoms with Crippen LogP contribution in [0.25, 0.3) is 0 Å². The number of nitrogens with one attached hydrogen (secondary N) is 1. The number of halogens is 1. The molecule has 0 spiro atoms. The zero-order valence-electron chi connectivity index (χ0n) is 9.05. The summed E-state index contributed by atoms with van der Waals surface area (Å²) in [6, 6.07) is 8.72. The van der Waals surface area contributed by atoms with Crippen molar-refractivity contribution in [2.24, 2.45) is 0 Å². The predicted molar refractivity (Wildman–Crippen MR) is 66.2 cm³/mol. The Bertz CT molecular complexity index is 669. The molecule has 1 N–H and O–H groups in total. The summed E-state index contributed by atoms with van der Waals surface area (Å²) in [7, 11) is 0. The first-order valence-electron chi connectivity index (χ1n) is 4.92. The number of hydrogen-bond acceptors (Lipinski definition) is 5. The van der Waals surface area contributed by atoms with Crippen LogP contribution >= 0.6 is 11.6 Å². The molecule has 0 fully saturated rings. The molecule has 5 nitrogen and oxygen atoms in total. The van der Waals surface area contributed by atoms with Gasteiger partial charge < -0.3 is 5.32 Å². The molecule has 0 aliphatic rings. The van der Waals surface area contributed by atoms with Crippen molar-refractivity contribution >= 4 is 23.1 Å². The van der Waals surface area contributed by atoms with Gasteiger partial charge in [-0.15, -0.1) is 0 Å². The van der Waals surface area contributed by atoms with Gasteiger partial charge in [0, 0.05) is 12.4 Å². The van der Waals surface area contributed by atoms with E-state index in [0.717, 1.165) is 0 Å². The van der Waals surface area contributed by atoms with Crippen molar-refractivity contribution in [3.05, 3.63) is 46.9 Å². The van der Waals surface area contributed by atoms with Crippen LogP contribution in [0.15, 0.2) is 30.6 Å². The predicted octanol–water partition coefficient (Wildman–Crippen LogP) is 2.62. The average Bonchev–Trinajstić information content (AvgIpc) is 2.42. The molecule has 0 aliphatic carbocycles. The standard InChI is InChI=1S/C12H6ClN5/c13-9-2-1-8(6-14)5-10(9)18-12-11(7-15)16-3-4-17-12/h1-5H,(H,17,18). The van der Waals surface area contributed by atoms with E-state index >= 15 is 0 Å². The molecular weight excluding hydrogens is 250 g/mol. The van der Waals surface area contributed by atoms with Crippen molar-refractivity contribution in [3.63, 3.8) is 0 Å². The molecule has 1 aromatic carbocycles. The summed E-state index contributed by atoms with van der Waals surface area (Å²) in [5, 5.41) is 21.0. The number of nitriles is 2. The Labute approximate surface area is 108 Å². The zero-order valence-corrected chi connectivity index (χ0v) is 9.81. The molecule has 0 aliphatic heterocycles. The van der Waals surface area contributed by atoms with Gasteiger partial charge in [-0.05, 0) is 18.2 Å². The van der Waals surface area contributed by atoms with Gasteiger partial charge in [0.2, 0.25) is 0 Å². The molecule has 0 saturated heterocycles. The Morgan fingerprint density at radius 1 is 1.11 bits per heavy atom. The van der Waals surface area contributed by atoms with Crippen LogP contribution in [-0.2, 0) is 0 Å². The highest BCUT2D eigenvalue weighted by Gasteiger charge is 2.07. The van der Waals surface area contributed by atoms with E-state index in [2.05, 4.69) is 15.3 Å². The van der Waals surface area contributed by atoms with E-state index in [1.807, 2.05) is 12.1 Å². The highest BCUT2D eigenvalue weighted by Crippen LogP contribution is 2.26. The monoisotopic (exact) mass is 255 g/mol. The van der Waals surface area contributed by atoms with Crippen LogP contribution in [0.1, 0.15) is 11.3 Å². The second kappa shape index (κ2) is 5.13. The van der Waals surface area contributed by atoms with Gasteiger partial charge in [-0.3, -0.25) is 0 Å². The molecular formula is C12H6ClN5. The molecule has 86 valence electrons. The summed E-state index contributed by atoms with van der Waals surface area (Å²) in [5.41, 5.74) is 1.13. The summed E-state index contributed by atoms with van der Waals surface area (Å²) in [5.74, 6) is 0.303. The highest BCUT2D eigenvalue weighted by molar-refractivity contribution is 6.33. The first-order valence-corrected chi connectivity index (χ1v) is 5.30. The second-order valence-electron chi connectivity index (χ2n) is 3.30. The SMILES string of the molecule is N#Cc1ccc(Cl)c(Nc2nccnc2C#N)c1. The summed E-state index contributed by atoms with van der Waals surface area (Å²) in [4.78, 5) is 7.88. The molecule has 0 amide bonds. The molecule has 2 rings (SSSR count). The summed E-state index contributed by atoms with van der Waals surface area (Å²) < 4.78 is 0. The van der Waals surface area contributed by atoms with Crippen molar-refractivity contribution in [2.45, 2.75) is 0 Å². The van der Waals surface area contributed by atoms with Crippen molar-refractivity contribution < 1.29 is 0 Å². The average molecular weight is 256 g/mol. The van der Waals surface area contributed by atoms with Crippen molar-refractivity contribution in [1.29, 1.82) is 10.5 Å². The van der Waals surface area contributed by atoms with Gasteiger partial charge in [0.1, 0.15) is 6.07 Å². The minimum atomic E-state index is 0.163. The molecule has 0 saturated carbocycles. The molecule has 1 heterocycles. The lowest BCUT2D eigenvalue weighted by Crippen LogP contribution is -1.99. The van der Waals surface area contributed by atoms with Gasteiger partial charge >= 0.3 is 0 Å². The summed E-state index contributed by atoms with van der Waals surface area (Å²) in [6.07, 6.45) is 2.89. The topological polar surface area (TPSA) is 85.4 Å². The van der Waals surface area contributed by atoms with Gasteiger partial charge in [0.05, 0.1) is 22.3 Å². The first kappa shape index (κ1) is 11.8. The van der Waals surface area contributed by atoms with Crippen LogP contribution in [0.5, 0.6) is 0 Å². The number of benzene rings is 1. The van der Waals surface area contributed by atoms with E-state index in [0.29, 0.717) is 22.1 Å². The van der Waals surface area contributed by atoms with Crippen LogP contribution in [0.4, 0.5) is 11.5 Å². The Kier molecular flexibility index (Phi) is 3.38. The third kappa shape index (κ3) is 2.37. The molecule has 2 aromatic rings. The maximum Gasteiger partial charge on any atom is 0.183 e. The fraction of sp³-hybridized carbons (Fsp3) is 0. The van der Waals surface area contributed by atoms with Gasteiger partial charge in [-0.2, -0.15) is 10.5 Å². The van der Waals surface area contributed by atoms with Gasteiger partial charge in [-0.25, -0.2) is 9.97 Å². The van der Waals surface area contributed by atoms with Crippen LogP contribution < -0.4 is 5.32 Å². The van der Waals surface area contributed by atoms with Crippen LogP contribution in [-0.4, -0.2) is 9.97 Å². The summed E-state index contributed by atoms with van der Waals surface area (Å²) in [6.45, 7) is 0. The lowest BCUT2D eigenvalue weighted by atomic mass is 10.2. The Hall–Kier alpha value is -2.63. The van der Waals surface area contributed by atoms with Crippen molar-refractivity contribution in [3.8, 4) is 12.1 Å². The maximum absolute atomic E-state index is 8.89. The fourth-order valence-electron chi connectivity index (χ4n) is 1.33. The number of anilines is 2. The van der Waals surface area contributed by atoms with E-state index in [1.54, 1.807) is 18.2 Å². The van der Waals surface area contributed by atoms with Gasteiger partial charge in [-0.1, -0.05) is 11.6 Å². The molecule has 0 bridgehead atoms. The minimum absolute atomic E-state index is 0.163. The highest BCUT2D eigenvalue weighted by atomic mass is 35.5. The van der Waals surface area contributed by atoms with Gasteiger partial charge in [0.15, 0.2) is 11.5 Å². The molecule has 18 heavy (non-hydrogen) atoms. The third-order valence-corrected chi connectivity index (χ3v) is 2.48. The largest absolute Gasteiger partial charge is 0.337 e. The Balaban J connectivity index is 2.41. The zero-order chi connectivity index (χ0) is 13.0. The Morgan fingerprint density at radius 2 is 1.89 bits per heavy atom. The number of aromatic nitrogens is 2. The number of nitrogens with zero attached hydrogens (tertiary/aromatic N) is 4. The lowest BCUT2D eigenvalue weighted by Gasteiger charge is -2.08. The van der Waals surface area contributed by atoms with E-state index in [9.17, 15) is 0 Å². The van der Waals surface area contributed by atoms with Crippen molar-refractivity contribution in [2.75, 3.05) is 5.32 Å². The van der Waals surface area contributed by atoms with Crippen LogP contribution in [0.2, 0.25) is 5.02 Å². The van der Waals surface area contributed by atoms with E-state index in [1.165, 1.54) is 12.4 Å². The quantitative estimate of drug-likeness (QED) is 0.891. The van der Waals surface area contributed by atoms with Crippen LogP contribution in [0, 0.1) is 22.7 Å². The molecule has 6 heteroatoms. The molecule has 0 radical (unpaired) electrons. The van der Waals surface area contributed by atoms with Crippen molar-refractivity contribution in [1.82, 2.24) is 9.97 Å².